The molecule has 1 saturated heterocycles. The van der Waals surface area contributed by atoms with Crippen molar-refractivity contribution >= 4 is 24.2 Å². The van der Waals surface area contributed by atoms with E-state index in [1.54, 1.807) is 6.92 Å². The summed E-state index contributed by atoms with van der Waals surface area (Å²) in [5.41, 5.74) is 1.10. The molecule has 5 heteroatoms. The molecule has 110 valence electrons. The molecule has 0 aromatic heterocycles. The molecule has 1 unspecified atom stereocenters. The summed E-state index contributed by atoms with van der Waals surface area (Å²) in [6, 6.07) is 9.14. The molecule has 0 saturated carbocycles. The molecule has 0 spiro atoms. The van der Waals surface area contributed by atoms with E-state index in [2.05, 4.69) is 0 Å². The van der Waals surface area contributed by atoms with Crippen LogP contribution < -0.4 is 0 Å². The maximum Gasteiger partial charge on any atom is 0.331 e. The van der Waals surface area contributed by atoms with Gasteiger partial charge < -0.3 is 4.74 Å². The van der Waals surface area contributed by atoms with Crippen LogP contribution in [0.4, 0.5) is 0 Å². The number of esters is 1. The first kappa shape index (κ1) is 16.7. The lowest BCUT2D eigenvalue weighted by Gasteiger charge is -2.32. The topological polar surface area (TPSA) is 46.6 Å². The summed E-state index contributed by atoms with van der Waals surface area (Å²) in [6.45, 7) is 3.43. The highest BCUT2D eigenvalue weighted by Crippen LogP contribution is 2.18. The molecule has 1 aromatic carbocycles. The smallest absolute Gasteiger partial charge is 0.331 e. The van der Waals surface area contributed by atoms with Gasteiger partial charge in [-0.1, -0.05) is 30.3 Å². The van der Waals surface area contributed by atoms with Gasteiger partial charge in [0, 0.05) is 19.5 Å². The van der Waals surface area contributed by atoms with Crippen molar-refractivity contribution in [1.29, 1.82) is 0 Å². The maximum atomic E-state index is 12.0. The van der Waals surface area contributed by atoms with Crippen molar-refractivity contribution in [2.24, 2.45) is 0 Å². The molecule has 1 heterocycles. The summed E-state index contributed by atoms with van der Waals surface area (Å²) in [7, 11) is 0. The van der Waals surface area contributed by atoms with E-state index in [9.17, 15) is 9.59 Å². The summed E-state index contributed by atoms with van der Waals surface area (Å²) >= 11 is 0. The summed E-state index contributed by atoms with van der Waals surface area (Å²) in [6.07, 6.45) is 1.27. The normalized spacial score (nSPS) is 19.2. The lowest BCUT2D eigenvalue weighted by Crippen LogP contribution is -2.50. The summed E-state index contributed by atoms with van der Waals surface area (Å²) in [5.74, 6) is -0.441. The molecule has 1 aliphatic heterocycles. The second kappa shape index (κ2) is 8.02. The molecule has 0 aliphatic carbocycles. The molecular formula is C15H20ClNO3. The van der Waals surface area contributed by atoms with Crippen molar-refractivity contribution in [2.75, 3.05) is 13.2 Å². The van der Waals surface area contributed by atoms with Crippen molar-refractivity contribution in [3.05, 3.63) is 35.9 Å². The van der Waals surface area contributed by atoms with Gasteiger partial charge in [0.25, 0.3) is 0 Å². The number of benzene rings is 1. The van der Waals surface area contributed by atoms with Gasteiger partial charge in [-0.3, -0.25) is 9.69 Å². The van der Waals surface area contributed by atoms with E-state index >= 15 is 0 Å². The summed E-state index contributed by atoms with van der Waals surface area (Å²) < 4.78 is 5.02. The molecule has 1 aliphatic rings. The first-order valence-electron chi connectivity index (χ1n) is 6.69. The highest BCUT2D eigenvalue weighted by molar-refractivity contribution is 6.03. The molecule has 0 N–H and O–H groups in total. The van der Waals surface area contributed by atoms with Gasteiger partial charge in [0.05, 0.1) is 6.61 Å². The Kier molecular flexibility index (Phi) is 6.68. The standard InChI is InChI=1S/C15H19NO3.ClH/c1-2-19-15(18)14-13(17)9-6-10-16(14)11-12-7-4-3-5-8-12;/h3-5,7-8,14H,2,6,9-11H2,1H3;1H. The molecule has 0 radical (unpaired) electrons. The van der Waals surface area contributed by atoms with Crippen LogP contribution in [0.25, 0.3) is 0 Å². The Balaban J connectivity index is 0.00000200. The minimum Gasteiger partial charge on any atom is -0.464 e. The van der Waals surface area contributed by atoms with Gasteiger partial charge in [0.2, 0.25) is 0 Å². The molecule has 0 bridgehead atoms. The molecule has 1 aromatic rings. The number of rotatable bonds is 4. The number of hydrogen-bond acceptors (Lipinski definition) is 4. The summed E-state index contributed by atoms with van der Waals surface area (Å²) in [5, 5.41) is 0. The van der Waals surface area contributed by atoms with E-state index in [0.717, 1.165) is 18.5 Å². The zero-order valence-electron chi connectivity index (χ0n) is 11.6. The van der Waals surface area contributed by atoms with Crippen LogP contribution in [0.5, 0.6) is 0 Å². The van der Waals surface area contributed by atoms with Crippen molar-refractivity contribution in [2.45, 2.75) is 32.4 Å². The Labute approximate surface area is 125 Å². The van der Waals surface area contributed by atoms with Crippen molar-refractivity contribution in [3.8, 4) is 0 Å². The van der Waals surface area contributed by atoms with E-state index in [4.69, 9.17) is 4.74 Å². The highest BCUT2D eigenvalue weighted by Gasteiger charge is 2.36. The number of nitrogens with zero attached hydrogens (tertiary/aromatic N) is 1. The Morgan fingerprint density at radius 1 is 1.35 bits per heavy atom. The monoisotopic (exact) mass is 297 g/mol. The van der Waals surface area contributed by atoms with E-state index in [0.29, 0.717) is 19.6 Å². The highest BCUT2D eigenvalue weighted by atomic mass is 35.5. The van der Waals surface area contributed by atoms with Gasteiger partial charge in [-0.2, -0.15) is 0 Å². The SMILES string of the molecule is CCOC(=O)C1C(=O)CCCN1Cc1ccccc1.Cl. The molecule has 20 heavy (non-hydrogen) atoms. The first-order valence-corrected chi connectivity index (χ1v) is 6.69. The number of piperidine rings is 1. The average Bonchev–Trinajstić information content (AvgIpc) is 2.40. The van der Waals surface area contributed by atoms with Crippen molar-refractivity contribution < 1.29 is 14.3 Å². The van der Waals surface area contributed by atoms with E-state index in [-0.39, 0.29) is 18.2 Å². The predicted molar refractivity (Wildman–Crippen MR) is 78.8 cm³/mol. The predicted octanol–water partition coefficient (Wildman–Crippen LogP) is 2.21. The number of hydrogen-bond donors (Lipinski definition) is 0. The zero-order valence-corrected chi connectivity index (χ0v) is 12.4. The minimum atomic E-state index is -0.728. The third-order valence-electron chi connectivity index (χ3n) is 3.28. The van der Waals surface area contributed by atoms with E-state index in [1.165, 1.54) is 0 Å². The molecule has 1 fully saturated rings. The third kappa shape index (κ3) is 4.05. The number of Topliss-reactive ketones (excluding diaryl/α,β-unsaturated/α-hetero) is 1. The first-order chi connectivity index (χ1) is 9.22. The maximum absolute atomic E-state index is 12.0. The van der Waals surface area contributed by atoms with Crippen molar-refractivity contribution in [3.63, 3.8) is 0 Å². The van der Waals surface area contributed by atoms with E-state index < -0.39 is 12.0 Å². The lowest BCUT2D eigenvalue weighted by atomic mass is 9.99. The number of likely N-dealkylation sites (tertiary alicyclic amines) is 1. The quantitative estimate of drug-likeness (QED) is 0.631. The zero-order chi connectivity index (χ0) is 13.7. The number of carbonyl (C=O) groups excluding carboxylic acids is 2. The molecule has 2 rings (SSSR count). The van der Waals surface area contributed by atoms with Crippen LogP contribution in [0.2, 0.25) is 0 Å². The number of carbonyl (C=O) groups is 2. The minimum absolute atomic E-state index is 0. The average molecular weight is 298 g/mol. The second-order valence-corrected chi connectivity index (χ2v) is 4.68. The molecule has 0 amide bonds. The lowest BCUT2D eigenvalue weighted by molar-refractivity contribution is -0.155. The van der Waals surface area contributed by atoms with Gasteiger partial charge >= 0.3 is 5.97 Å². The number of ether oxygens (including phenoxy) is 1. The van der Waals surface area contributed by atoms with Gasteiger partial charge in [0.1, 0.15) is 0 Å². The molecular weight excluding hydrogens is 278 g/mol. The van der Waals surface area contributed by atoms with Gasteiger partial charge in [-0.05, 0) is 18.9 Å². The van der Waals surface area contributed by atoms with Crippen LogP contribution in [-0.4, -0.2) is 35.8 Å². The van der Waals surface area contributed by atoms with Gasteiger partial charge in [-0.25, -0.2) is 4.79 Å². The van der Waals surface area contributed by atoms with Crippen LogP contribution in [0.1, 0.15) is 25.3 Å². The summed E-state index contributed by atoms with van der Waals surface area (Å²) in [4.78, 5) is 25.8. The fourth-order valence-electron chi connectivity index (χ4n) is 2.42. The molecule has 4 nitrogen and oxygen atoms in total. The largest absolute Gasteiger partial charge is 0.464 e. The fourth-order valence-corrected chi connectivity index (χ4v) is 2.42. The van der Waals surface area contributed by atoms with Gasteiger partial charge in [-0.15, -0.1) is 12.4 Å². The second-order valence-electron chi connectivity index (χ2n) is 4.68. The Morgan fingerprint density at radius 2 is 2.05 bits per heavy atom. The van der Waals surface area contributed by atoms with Crippen LogP contribution in [-0.2, 0) is 20.9 Å². The van der Waals surface area contributed by atoms with Crippen LogP contribution in [0, 0.1) is 0 Å². The third-order valence-corrected chi connectivity index (χ3v) is 3.28. The Hall–Kier alpha value is -1.39. The van der Waals surface area contributed by atoms with Crippen LogP contribution in [0.15, 0.2) is 30.3 Å². The van der Waals surface area contributed by atoms with Crippen LogP contribution >= 0.6 is 12.4 Å². The van der Waals surface area contributed by atoms with Crippen molar-refractivity contribution in [1.82, 2.24) is 4.90 Å². The van der Waals surface area contributed by atoms with Gasteiger partial charge in [0.15, 0.2) is 11.8 Å². The fraction of sp³-hybridized carbons (Fsp3) is 0.467. The molecule has 1 atom stereocenters. The Morgan fingerprint density at radius 3 is 2.70 bits per heavy atom. The number of halogens is 1. The number of ketones is 1. The van der Waals surface area contributed by atoms with Crippen LogP contribution in [0.3, 0.4) is 0 Å². The Bertz CT molecular complexity index is 450. The van der Waals surface area contributed by atoms with E-state index in [1.807, 2.05) is 35.2 Å².